The van der Waals surface area contributed by atoms with Gasteiger partial charge < -0.3 is 35.0 Å². The predicted molar refractivity (Wildman–Crippen MR) is 196 cm³/mol. The fourth-order valence-corrected chi connectivity index (χ4v) is 7.46. The predicted octanol–water partition coefficient (Wildman–Crippen LogP) is 8.09. The molecule has 1 aliphatic heterocycles. The first-order chi connectivity index (χ1) is 24.5. The molecule has 304 valence electrons. The molecule has 0 aromatic rings. The van der Waals surface area contributed by atoms with Crippen molar-refractivity contribution in [1.82, 2.24) is 5.32 Å². The molecule has 1 heterocycles. The van der Waals surface area contributed by atoms with Gasteiger partial charge in [0.25, 0.3) is 0 Å². The summed E-state index contributed by atoms with van der Waals surface area (Å²) in [5.41, 5.74) is 0. The van der Waals surface area contributed by atoms with Crippen molar-refractivity contribution in [3.63, 3.8) is 0 Å². The normalized spacial score (nSPS) is 27.1. The maximum atomic E-state index is 14.3. The maximum Gasteiger partial charge on any atom is 0.403 e. The number of aliphatic hydroxyl groups excluding tert-OH is 5. The quantitative estimate of drug-likeness (QED) is 0.0382. The number of aliphatic hydroxyl groups is 5. The van der Waals surface area contributed by atoms with Crippen LogP contribution < -0.4 is 5.32 Å². The highest BCUT2D eigenvalue weighted by Gasteiger charge is 2.45. The molecule has 0 amide bonds. The number of rotatable bonds is 32. The van der Waals surface area contributed by atoms with Crippen LogP contribution in [-0.4, -0.2) is 93.8 Å². The average Bonchev–Trinajstić information content (AvgIpc) is 3.81. The Morgan fingerprint density at radius 3 is 1.65 bits per heavy atom. The fraction of sp³-hybridized carbons (Fsp3) is 1.00. The van der Waals surface area contributed by atoms with Crippen molar-refractivity contribution in [2.75, 3.05) is 13.2 Å². The van der Waals surface area contributed by atoms with Gasteiger partial charge in [0.15, 0.2) is 6.29 Å². The van der Waals surface area contributed by atoms with E-state index < -0.39 is 68.3 Å². The SMILES string of the molecule is CCCCCCCCCCCCCCC[C@@H](O)[C@H](COC1OC(CO)C(O)C(O)C1O)N[C@@H](CCCCCCCCCCC1CC1C)C(F)(F)F. The van der Waals surface area contributed by atoms with Gasteiger partial charge in [0.05, 0.1) is 25.4 Å². The number of hydrogen-bond acceptors (Lipinski definition) is 8. The third kappa shape index (κ3) is 20.1. The molecule has 1 aliphatic carbocycles. The molecule has 1 saturated carbocycles. The lowest BCUT2D eigenvalue weighted by Gasteiger charge is -2.40. The average molecular weight is 740 g/mol. The molecule has 6 N–H and O–H groups in total. The van der Waals surface area contributed by atoms with E-state index in [1.165, 1.54) is 89.9 Å². The Morgan fingerprint density at radius 2 is 1.18 bits per heavy atom. The van der Waals surface area contributed by atoms with Crippen LogP contribution in [0.25, 0.3) is 0 Å². The third-order valence-corrected chi connectivity index (χ3v) is 11.3. The van der Waals surface area contributed by atoms with E-state index in [-0.39, 0.29) is 12.8 Å². The molecule has 0 bridgehead atoms. The van der Waals surface area contributed by atoms with Crippen LogP contribution in [0.5, 0.6) is 0 Å². The highest BCUT2D eigenvalue weighted by atomic mass is 19.4. The summed E-state index contributed by atoms with van der Waals surface area (Å²) in [6.45, 7) is 3.47. The standard InChI is InChI=1S/C40H76F3NO7/c1-3-4-5-6-7-8-9-10-11-12-16-19-22-25-33(46)32(29-50-39-38(49)37(48)36(47)34(28-45)51-39)44-35(40(41,42)43)26-23-20-17-14-13-15-18-21-24-31-27-30(31)2/h30-39,44-49H,3-29H2,1-2H3/t30?,31?,32-,33+,34?,35-,36?,37?,38?,39?/m0/s1. The van der Waals surface area contributed by atoms with Crippen LogP contribution in [0.15, 0.2) is 0 Å². The number of nitrogens with one attached hydrogen (secondary N) is 1. The number of hydrogen-bond donors (Lipinski definition) is 6. The van der Waals surface area contributed by atoms with Crippen molar-refractivity contribution in [2.45, 2.75) is 229 Å². The van der Waals surface area contributed by atoms with E-state index in [0.717, 1.165) is 50.4 Å². The first kappa shape index (κ1) is 46.6. The Labute approximate surface area is 307 Å². The second kappa shape index (κ2) is 27.1. The second-order valence-corrected chi connectivity index (χ2v) is 15.9. The van der Waals surface area contributed by atoms with E-state index in [1.807, 2.05) is 0 Å². The summed E-state index contributed by atoms with van der Waals surface area (Å²) < 4.78 is 53.8. The van der Waals surface area contributed by atoms with Crippen LogP contribution in [0.4, 0.5) is 13.2 Å². The summed E-state index contributed by atoms with van der Waals surface area (Å²) in [5, 5.41) is 53.9. The Morgan fingerprint density at radius 1 is 0.706 bits per heavy atom. The zero-order valence-corrected chi connectivity index (χ0v) is 32.1. The van der Waals surface area contributed by atoms with Crippen LogP contribution in [0.1, 0.15) is 174 Å². The lowest BCUT2D eigenvalue weighted by molar-refractivity contribution is -0.303. The summed E-state index contributed by atoms with van der Waals surface area (Å²) in [4.78, 5) is 0. The largest absolute Gasteiger partial charge is 0.403 e. The summed E-state index contributed by atoms with van der Waals surface area (Å²) in [7, 11) is 0. The summed E-state index contributed by atoms with van der Waals surface area (Å²) in [5.74, 6) is 1.83. The number of halogens is 3. The molecule has 10 atom stereocenters. The minimum Gasteiger partial charge on any atom is -0.394 e. The van der Waals surface area contributed by atoms with Gasteiger partial charge in [0.2, 0.25) is 0 Å². The molecular formula is C40H76F3NO7. The molecule has 0 aromatic carbocycles. The molecule has 51 heavy (non-hydrogen) atoms. The molecule has 0 spiro atoms. The van der Waals surface area contributed by atoms with Gasteiger partial charge in [0, 0.05) is 0 Å². The van der Waals surface area contributed by atoms with Gasteiger partial charge in [-0.05, 0) is 31.1 Å². The van der Waals surface area contributed by atoms with Crippen LogP contribution in [0, 0.1) is 11.8 Å². The van der Waals surface area contributed by atoms with Crippen molar-refractivity contribution < 1.29 is 48.2 Å². The first-order valence-corrected chi connectivity index (χ1v) is 20.9. The topological polar surface area (TPSA) is 132 Å². The van der Waals surface area contributed by atoms with E-state index in [9.17, 15) is 38.7 Å². The maximum absolute atomic E-state index is 14.3. The van der Waals surface area contributed by atoms with E-state index in [1.54, 1.807) is 0 Å². The van der Waals surface area contributed by atoms with E-state index >= 15 is 0 Å². The van der Waals surface area contributed by atoms with Gasteiger partial charge in [0.1, 0.15) is 30.5 Å². The lowest BCUT2D eigenvalue weighted by Crippen LogP contribution is -2.60. The minimum atomic E-state index is -4.53. The van der Waals surface area contributed by atoms with Gasteiger partial charge in [-0.1, -0.05) is 155 Å². The van der Waals surface area contributed by atoms with Crippen molar-refractivity contribution in [2.24, 2.45) is 11.8 Å². The van der Waals surface area contributed by atoms with Gasteiger partial charge in [-0.25, -0.2) is 0 Å². The molecule has 11 heteroatoms. The van der Waals surface area contributed by atoms with E-state index in [0.29, 0.717) is 19.3 Å². The summed E-state index contributed by atoms with van der Waals surface area (Å²) in [6.07, 6.45) is 12.5. The Bertz CT molecular complexity index is 838. The van der Waals surface area contributed by atoms with Crippen LogP contribution in [0.3, 0.4) is 0 Å². The third-order valence-electron chi connectivity index (χ3n) is 11.3. The molecule has 2 fully saturated rings. The monoisotopic (exact) mass is 740 g/mol. The van der Waals surface area contributed by atoms with Gasteiger partial charge in [-0.2, -0.15) is 13.2 Å². The minimum absolute atomic E-state index is 0.120. The molecule has 1 saturated heterocycles. The summed E-state index contributed by atoms with van der Waals surface area (Å²) >= 11 is 0. The number of unbranched alkanes of at least 4 members (excludes halogenated alkanes) is 19. The van der Waals surface area contributed by atoms with Gasteiger partial charge in [-0.15, -0.1) is 0 Å². The number of ether oxygens (including phenoxy) is 2. The highest BCUT2D eigenvalue weighted by Crippen LogP contribution is 2.41. The molecule has 8 nitrogen and oxygen atoms in total. The van der Waals surface area contributed by atoms with Gasteiger partial charge in [-0.3, -0.25) is 5.32 Å². The zero-order valence-electron chi connectivity index (χ0n) is 32.1. The smallest absolute Gasteiger partial charge is 0.394 e. The molecule has 7 unspecified atom stereocenters. The first-order valence-electron chi connectivity index (χ1n) is 20.9. The second-order valence-electron chi connectivity index (χ2n) is 15.9. The van der Waals surface area contributed by atoms with Crippen LogP contribution in [-0.2, 0) is 9.47 Å². The van der Waals surface area contributed by atoms with Crippen molar-refractivity contribution in [3.05, 3.63) is 0 Å². The Balaban J connectivity index is 1.80. The molecule has 0 aromatic heterocycles. The zero-order chi connectivity index (χ0) is 37.5. The molecule has 0 radical (unpaired) electrons. The van der Waals surface area contributed by atoms with Crippen LogP contribution >= 0.6 is 0 Å². The van der Waals surface area contributed by atoms with E-state index in [4.69, 9.17) is 9.47 Å². The van der Waals surface area contributed by atoms with Crippen molar-refractivity contribution >= 4 is 0 Å². The number of alkyl halides is 3. The lowest BCUT2D eigenvalue weighted by atomic mass is 9.98. The summed E-state index contributed by atoms with van der Waals surface area (Å²) in [6, 6.07) is -2.95. The Kier molecular flexibility index (Phi) is 24.8. The van der Waals surface area contributed by atoms with Crippen LogP contribution in [0.2, 0.25) is 0 Å². The fourth-order valence-electron chi connectivity index (χ4n) is 7.46. The molecule has 2 aliphatic rings. The molecule has 2 rings (SSSR count). The Hall–Kier alpha value is -0.530. The van der Waals surface area contributed by atoms with Crippen molar-refractivity contribution in [1.29, 1.82) is 0 Å². The highest BCUT2D eigenvalue weighted by molar-refractivity contribution is 4.90. The van der Waals surface area contributed by atoms with Gasteiger partial charge >= 0.3 is 6.18 Å². The van der Waals surface area contributed by atoms with Crippen molar-refractivity contribution in [3.8, 4) is 0 Å². The molecular weight excluding hydrogens is 663 g/mol. The van der Waals surface area contributed by atoms with E-state index in [2.05, 4.69) is 19.2 Å².